The van der Waals surface area contributed by atoms with Gasteiger partial charge in [-0.15, -0.1) is 11.3 Å². The van der Waals surface area contributed by atoms with Crippen LogP contribution >= 0.6 is 27.3 Å². The van der Waals surface area contributed by atoms with E-state index in [2.05, 4.69) is 31.0 Å². The van der Waals surface area contributed by atoms with Gasteiger partial charge in [-0.3, -0.25) is 0 Å². The molecule has 0 aliphatic carbocycles. The molecule has 0 unspecified atom stereocenters. The van der Waals surface area contributed by atoms with Gasteiger partial charge < -0.3 is 5.32 Å². The summed E-state index contributed by atoms with van der Waals surface area (Å²) in [7, 11) is -3.56. The number of thiazole rings is 1. The number of sulfonamides is 1. The molecule has 0 atom stereocenters. The summed E-state index contributed by atoms with van der Waals surface area (Å²) in [4.78, 5) is 4.29. The van der Waals surface area contributed by atoms with Crippen molar-refractivity contribution < 1.29 is 8.42 Å². The van der Waals surface area contributed by atoms with Gasteiger partial charge in [0.25, 0.3) is 0 Å². The number of nitrogens with zero attached hydrogens (tertiary/aromatic N) is 1. The van der Waals surface area contributed by atoms with Crippen molar-refractivity contribution in [3.05, 3.63) is 44.8 Å². The maximum atomic E-state index is 12.3. The summed E-state index contributed by atoms with van der Waals surface area (Å²) in [6.07, 6.45) is 0. The first-order valence-electron chi connectivity index (χ1n) is 6.39. The minimum atomic E-state index is -3.56. The molecule has 0 saturated heterocycles. The third-order valence-electron chi connectivity index (χ3n) is 2.79. The van der Waals surface area contributed by atoms with Crippen LogP contribution in [0.2, 0.25) is 0 Å². The molecule has 2 aromatic rings. The normalized spacial score (nSPS) is 11.7. The van der Waals surface area contributed by atoms with E-state index in [1.54, 1.807) is 11.6 Å². The quantitative estimate of drug-likeness (QED) is 0.762. The number of aromatic nitrogens is 1. The van der Waals surface area contributed by atoms with E-state index in [0.29, 0.717) is 16.7 Å². The van der Waals surface area contributed by atoms with Crippen LogP contribution in [0.25, 0.3) is 0 Å². The molecule has 1 heterocycles. The highest BCUT2D eigenvalue weighted by molar-refractivity contribution is 9.10. The first-order chi connectivity index (χ1) is 10.0. The lowest BCUT2D eigenvalue weighted by Gasteiger charge is -2.09. The zero-order valence-corrected chi connectivity index (χ0v) is 14.7. The van der Waals surface area contributed by atoms with E-state index in [-0.39, 0.29) is 11.4 Å². The Morgan fingerprint density at radius 1 is 1.33 bits per heavy atom. The fourth-order valence-corrected chi connectivity index (χ4v) is 4.39. The molecule has 0 radical (unpaired) electrons. The van der Waals surface area contributed by atoms with Crippen LogP contribution in [0.5, 0.6) is 0 Å². The molecule has 0 fully saturated rings. The minimum Gasteiger partial charge on any atom is -0.313 e. The molecular weight excluding hydrogens is 374 g/mol. The van der Waals surface area contributed by atoms with Crippen molar-refractivity contribution in [2.24, 2.45) is 0 Å². The van der Waals surface area contributed by atoms with Crippen molar-refractivity contribution in [2.75, 3.05) is 6.54 Å². The van der Waals surface area contributed by atoms with Gasteiger partial charge in [0.1, 0.15) is 0 Å². The first kappa shape index (κ1) is 16.6. The van der Waals surface area contributed by atoms with Gasteiger partial charge in [0, 0.05) is 16.4 Å². The van der Waals surface area contributed by atoms with Crippen molar-refractivity contribution in [3.63, 3.8) is 0 Å². The van der Waals surface area contributed by atoms with Crippen molar-refractivity contribution in [1.82, 2.24) is 15.0 Å². The fraction of sp³-hybridized carbons (Fsp3) is 0.308. The minimum absolute atomic E-state index is 0.192. The molecule has 0 aliphatic rings. The van der Waals surface area contributed by atoms with Gasteiger partial charge in [0.2, 0.25) is 10.0 Å². The van der Waals surface area contributed by atoms with Gasteiger partial charge in [-0.05, 0) is 40.2 Å². The van der Waals surface area contributed by atoms with Crippen LogP contribution in [0.3, 0.4) is 0 Å². The summed E-state index contributed by atoms with van der Waals surface area (Å²) < 4.78 is 27.7. The van der Waals surface area contributed by atoms with Crippen LogP contribution in [0, 0.1) is 0 Å². The summed E-state index contributed by atoms with van der Waals surface area (Å²) >= 11 is 4.77. The van der Waals surface area contributed by atoms with Gasteiger partial charge in [-0.1, -0.05) is 13.0 Å². The molecule has 0 saturated carbocycles. The molecule has 8 heteroatoms. The molecule has 5 nitrogen and oxygen atoms in total. The van der Waals surface area contributed by atoms with Gasteiger partial charge in [-0.25, -0.2) is 18.1 Å². The van der Waals surface area contributed by atoms with Crippen LogP contribution < -0.4 is 10.0 Å². The van der Waals surface area contributed by atoms with Gasteiger partial charge in [-0.2, -0.15) is 0 Å². The van der Waals surface area contributed by atoms with E-state index in [9.17, 15) is 8.42 Å². The highest BCUT2D eigenvalue weighted by atomic mass is 79.9. The number of halogens is 1. The Kier molecular flexibility index (Phi) is 5.88. The summed E-state index contributed by atoms with van der Waals surface area (Å²) in [6, 6.07) is 5.24. The number of hydrogen-bond donors (Lipinski definition) is 2. The predicted molar refractivity (Wildman–Crippen MR) is 87.7 cm³/mol. The lowest BCUT2D eigenvalue weighted by Crippen LogP contribution is -2.24. The van der Waals surface area contributed by atoms with Crippen molar-refractivity contribution in [3.8, 4) is 0 Å². The zero-order valence-electron chi connectivity index (χ0n) is 11.5. The Labute approximate surface area is 137 Å². The van der Waals surface area contributed by atoms with E-state index in [0.717, 1.165) is 12.1 Å². The molecule has 114 valence electrons. The Bertz CT molecular complexity index is 687. The van der Waals surface area contributed by atoms with Crippen LogP contribution in [-0.4, -0.2) is 19.9 Å². The third-order valence-corrected chi connectivity index (χ3v) is 5.80. The Morgan fingerprint density at radius 3 is 2.76 bits per heavy atom. The molecule has 21 heavy (non-hydrogen) atoms. The second-order valence-corrected chi connectivity index (χ2v) is 7.66. The molecular formula is C13H16BrN3O2S2. The largest absolute Gasteiger partial charge is 0.313 e. The van der Waals surface area contributed by atoms with Gasteiger partial charge in [0.15, 0.2) is 0 Å². The highest BCUT2D eigenvalue weighted by Crippen LogP contribution is 2.23. The van der Waals surface area contributed by atoms with E-state index in [4.69, 9.17) is 0 Å². The van der Waals surface area contributed by atoms with E-state index >= 15 is 0 Å². The average molecular weight is 390 g/mol. The van der Waals surface area contributed by atoms with Crippen LogP contribution in [0.4, 0.5) is 0 Å². The number of hydrogen-bond acceptors (Lipinski definition) is 5. The highest BCUT2D eigenvalue weighted by Gasteiger charge is 2.17. The van der Waals surface area contributed by atoms with Crippen molar-refractivity contribution in [2.45, 2.75) is 24.9 Å². The maximum absolute atomic E-state index is 12.3. The SMILES string of the molecule is CCNCc1ccc(S(=O)(=O)NCc2cscn2)c(Br)c1. The maximum Gasteiger partial charge on any atom is 0.242 e. The van der Waals surface area contributed by atoms with Crippen LogP contribution in [0.1, 0.15) is 18.2 Å². The van der Waals surface area contributed by atoms with Gasteiger partial charge >= 0.3 is 0 Å². The van der Waals surface area contributed by atoms with Crippen molar-refractivity contribution >= 4 is 37.3 Å². The zero-order chi connectivity index (χ0) is 15.3. The monoisotopic (exact) mass is 389 g/mol. The molecule has 2 rings (SSSR count). The molecule has 0 spiro atoms. The number of rotatable bonds is 7. The number of nitrogens with one attached hydrogen (secondary N) is 2. The molecule has 0 bridgehead atoms. The van der Waals surface area contributed by atoms with E-state index in [1.807, 2.05) is 24.4 Å². The summed E-state index contributed by atoms with van der Waals surface area (Å²) in [5, 5.41) is 5.02. The molecule has 1 aromatic heterocycles. The summed E-state index contributed by atoms with van der Waals surface area (Å²) in [6.45, 7) is 3.79. The standard InChI is InChI=1S/C13H16BrN3O2S2/c1-2-15-6-10-3-4-13(12(14)5-10)21(18,19)17-7-11-8-20-9-16-11/h3-5,8-9,15,17H,2,6-7H2,1H3. The molecule has 1 aromatic carbocycles. The molecule has 2 N–H and O–H groups in total. The van der Waals surface area contributed by atoms with E-state index in [1.165, 1.54) is 11.3 Å². The third kappa shape index (κ3) is 4.58. The summed E-state index contributed by atoms with van der Waals surface area (Å²) in [5.74, 6) is 0. The Morgan fingerprint density at radius 2 is 2.14 bits per heavy atom. The van der Waals surface area contributed by atoms with Crippen LogP contribution in [-0.2, 0) is 23.1 Å². The second kappa shape index (κ2) is 7.46. The van der Waals surface area contributed by atoms with Gasteiger partial charge in [0.05, 0.1) is 22.6 Å². The van der Waals surface area contributed by atoms with Crippen LogP contribution in [0.15, 0.2) is 38.5 Å². The van der Waals surface area contributed by atoms with Crippen molar-refractivity contribution in [1.29, 1.82) is 0 Å². The average Bonchev–Trinajstić information content (AvgIpc) is 2.96. The Hall–Kier alpha value is -0.800. The topological polar surface area (TPSA) is 71.1 Å². The lowest BCUT2D eigenvalue weighted by molar-refractivity contribution is 0.580. The lowest BCUT2D eigenvalue weighted by atomic mass is 10.2. The summed E-state index contributed by atoms with van der Waals surface area (Å²) in [5.41, 5.74) is 3.42. The van der Waals surface area contributed by atoms with E-state index < -0.39 is 10.0 Å². The number of benzene rings is 1. The fourth-order valence-electron chi connectivity index (χ4n) is 1.71. The molecule has 0 amide bonds. The second-order valence-electron chi connectivity index (χ2n) is 4.35. The first-order valence-corrected chi connectivity index (χ1v) is 9.60. The predicted octanol–water partition coefficient (Wildman–Crippen LogP) is 2.49. The Balaban J connectivity index is 2.12. The molecule has 0 aliphatic heterocycles. The smallest absolute Gasteiger partial charge is 0.242 e.